The maximum Gasteiger partial charge on any atom is 0.409 e. The molecule has 11 heteroatoms. The van der Waals surface area contributed by atoms with E-state index in [0.717, 1.165) is 0 Å². The Hall–Kier alpha value is -3.08. The van der Waals surface area contributed by atoms with Crippen molar-refractivity contribution in [2.45, 2.75) is 32.2 Å². The van der Waals surface area contributed by atoms with Gasteiger partial charge in [0.2, 0.25) is 5.91 Å². The number of aromatic nitrogens is 3. The van der Waals surface area contributed by atoms with Crippen molar-refractivity contribution in [3.05, 3.63) is 35.4 Å². The number of carbonyl (C=O) groups excluding carboxylic acids is 3. The molecule has 0 aliphatic carbocycles. The molecule has 0 atom stereocenters. The summed E-state index contributed by atoms with van der Waals surface area (Å²) in [5.74, 6) is -0.548. The standard InChI is InChI=1S/C18H22N6O4S/c1-2-28-18(27)24-7-3-12(4-8-24)21-15(25)9-13-11-29-17(22-13)23-16(26)14-10-19-5-6-20-14/h5-6,10-12H,2-4,7-9H2,1H3,(H,21,25)(H,22,23,26). The van der Waals surface area contributed by atoms with Crippen LogP contribution in [-0.2, 0) is 16.0 Å². The average Bonchev–Trinajstić information content (AvgIpc) is 3.15. The Balaban J connectivity index is 1.44. The summed E-state index contributed by atoms with van der Waals surface area (Å²) in [5.41, 5.74) is 0.766. The van der Waals surface area contributed by atoms with Gasteiger partial charge in [0.1, 0.15) is 5.69 Å². The predicted molar refractivity (Wildman–Crippen MR) is 106 cm³/mol. The molecule has 0 unspecified atom stereocenters. The molecule has 1 aliphatic heterocycles. The Bertz CT molecular complexity index is 851. The van der Waals surface area contributed by atoms with Crippen molar-refractivity contribution in [1.82, 2.24) is 25.2 Å². The summed E-state index contributed by atoms with van der Waals surface area (Å²) in [6.07, 6.45) is 5.46. The van der Waals surface area contributed by atoms with Gasteiger partial charge in [0.25, 0.3) is 5.91 Å². The van der Waals surface area contributed by atoms with E-state index in [-0.39, 0.29) is 30.2 Å². The molecule has 3 heterocycles. The van der Waals surface area contributed by atoms with E-state index in [2.05, 4.69) is 25.6 Å². The number of anilines is 1. The van der Waals surface area contributed by atoms with Crippen molar-refractivity contribution in [3.63, 3.8) is 0 Å². The van der Waals surface area contributed by atoms with Crippen LogP contribution in [0.5, 0.6) is 0 Å². The lowest BCUT2D eigenvalue weighted by molar-refractivity contribution is -0.121. The molecule has 29 heavy (non-hydrogen) atoms. The van der Waals surface area contributed by atoms with E-state index in [1.54, 1.807) is 17.2 Å². The van der Waals surface area contributed by atoms with E-state index in [0.29, 0.717) is 43.4 Å². The minimum Gasteiger partial charge on any atom is -0.450 e. The van der Waals surface area contributed by atoms with Crippen LogP contribution in [0.15, 0.2) is 24.0 Å². The van der Waals surface area contributed by atoms with Crippen molar-refractivity contribution in [2.24, 2.45) is 0 Å². The van der Waals surface area contributed by atoms with Crippen LogP contribution >= 0.6 is 11.3 Å². The molecule has 0 aromatic carbocycles. The zero-order valence-corrected chi connectivity index (χ0v) is 16.8. The topological polar surface area (TPSA) is 126 Å². The minimum atomic E-state index is -0.406. The molecule has 10 nitrogen and oxygen atoms in total. The zero-order valence-electron chi connectivity index (χ0n) is 16.0. The highest BCUT2D eigenvalue weighted by Crippen LogP contribution is 2.17. The third-order valence-electron chi connectivity index (χ3n) is 4.30. The van der Waals surface area contributed by atoms with Gasteiger partial charge in [0, 0.05) is 36.9 Å². The quantitative estimate of drug-likeness (QED) is 0.727. The highest BCUT2D eigenvalue weighted by Gasteiger charge is 2.24. The monoisotopic (exact) mass is 418 g/mol. The third-order valence-corrected chi connectivity index (χ3v) is 5.10. The zero-order chi connectivity index (χ0) is 20.6. The molecule has 3 rings (SSSR count). The first-order chi connectivity index (χ1) is 14.0. The van der Waals surface area contributed by atoms with E-state index in [1.807, 2.05) is 0 Å². The van der Waals surface area contributed by atoms with Crippen LogP contribution in [0.2, 0.25) is 0 Å². The van der Waals surface area contributed by atoms with Gasteiger partial charge in [0.05, 0.1) is 24.9 Å². The molecule has 0 saturated carbocycles. The van der Waals surface area contributed by atoms with Crippen LogP contribution in [0.1, 0.15) is 35.9 Å². The number of hydrogen-bond acceptors (Lipinski definition) is 8. The second-order valence-corrected chi connectivity index (χ2v) is 7.25. The van der Waals surface area contributed by atoms with E-state index in [9.17, 15) is 14.4 Å². The number of hydrogen-bond donors (Lipinski definition) is 2. The third kappa shape index (κ3) is 5.95. The first-order valence-corrected chi connectivity index (χ1v) is 10.2. The number of likely N-dealkylation sites (tertiary alicyclic amines) is 1. The summed E-state index contributed by atoms with van der Waals surface area (Å²) in [6, 6.07) is 0.0163. The number of nitrogens with one attached hydrogen (secondary N) is 2. The molecule has 2 aromatic heterocycles. The lowest BCUT2D eigenvalue weighted by atomic mass is 10.1. The number of amides is 3. The van der Waals surface area contributed by atoms with Crippen LogP contribution in [0.4, 0.5) is 9.93 Å². The molecule has 1 saturated heterocycles. The minimum absolute atomic E-state index is 0.0163. The smallest absolute Gasteiger partial charge is 0.409 e. The second-order valence-electron chi connectivity index (χ2n) is 6.39. The Morgan fingerprint density at radius 1 is 1.28 bits per heavy atom. The van der Waals surface area contributed by atoms with Gasteiger partial charge in [-0.3, -0.25) is 19.9 Å². The van der Waals surface area contributed by atoms with Crippen LogP contribution < -0.4 is 10.6 Å². The van der Waals surface area contributed by atoms with Crippen LogP contribution in [0.25, 0.3) is 0 Å². The Labute approximate surface area is 171 Å². The van der Waals surface area contributed by atoms with E-state index in [4.69, 9.17) is 4.74 Å². The van der Waals surface area contributed by atoms with Gasteiger partial charge >= 0.3 is 6.09 Å². The lowest BCUT2D eigenvalue weighted by Gasteiger charge is -2.31. The Morgan fingerprint density at radius 3 is 2.76 bits per heavy atom. The van der Waals surface area contributed by atoms with Crippen molar-refractivity contribution in [1.29, 1.82) is 0 Å². The second kappa shape index (κ2) is 9.92. The van der Waals surface area contributed by atoms with Crippen molar-refractivity contribution < 1.29 is 19.1 Å². The summed E-state index contributed by atoms with van der Waals surface area (Å²) in [6.45, 7) is 3.23. The normalized spacial score (nSPS) is 14.3. The summed E-state index contributed by atoms with van der Waals surface area (Å²) >= 11 is 1.24. The molecule has 1 aliphatic rings. The van der Waals surface area contributed by atoms with Crippen LogP contribution in [0, 0.1) is 0 Å². The lowest BCUT2D eigenvalue weighted by Crippen LogP contribution is -2.47. The van der Waals surface area contributed by atoms with Gasteiger partial charge in [-0.05, 0) is 19.8 Å². The van der Waals surface area contributed by atoms with E-state index < -0.39 is 5.91 Å². The molecule has 154 valence electrons. The van der Waals surface area contributed by atoms with E-state index >= 15 is 0 Å². The fourth-order valence-electron chi connectivity index (χ4n) is 2.89. The van der Waals surface area contributed by atoms with Crippen LogP contribution in [0.3, 0.4) is 0 Å². The molecule has 2 aromatic rings. The molecule has 3 amide bonds. The fourth-order valence-corrected chi connectivity index (χ4v) is 3.59. The number of ether oxygens (including phenoxy) is 1. The molecule has 0 bridgehead atoms. The average molecular weight is 418 g/mol. The maximum absolute atomic E-state index is 12.3. The molecular weight excluding hydrogens is 396 g/mol. The van der Waals surface area contributed by atoms with E-state index in [1.165, 1.54) is 29.9 Å². The molecule has 1 fully saturated rings. The summed E-state index contributed by atoms with van der Waals surface area (Å²) in [7, 11) is 0. The highest BCUT2D eigenvalue weighted by molar-refractivity contribution is 7.14. The van der Waals surface area contributed by atoms with Gasteiger partial charge in [0.15, 0.2) is 5.13 Å². The number of nitrogens with zero attached hydrogens (tertiary/aromatic N) is 4. The summed E-state index contributed by atoms with van der Waals surface area (Å²) in [4.78, 5) is 49.8. The summed E-state index contributed by atoms with van der Waals surface area (Å²) in [5, 5.41) is 7.75. The first kappa shape index (κ1) is 20.6. The Morgan fingerprint density at radius 2 is 2.07 bits per heavy atom. The number of thiazole rings is 1. The van der Waals surface area contributed by atoms with Gasteiger partial charge < -0.3 is 15.0 Å². The number of rotatable bonds is 6. The highest BCUT2D eigenvalue weighted by atomic mass is 32.1. The van der Waals surface area contributed by atoms with Gasteiger partial charge in [-0.2, -0.15) is 0 Å². The van der Waals surface area contributed by atoms with Crippen LogP contribution in [-0.4, -0.2) is 63.5 Å². The molecule has 0 radical (unpaired) electrons. The first-order valence-electron chi connectivity index (χ1n) is 9.28. The van der Waals surface area contributed by atoms with Gasteiger partial charge in [-0.15, -0.1) is 11.3 Å². The molecule has 0 spiro atoms. The molecule has 2 N–H and O–H groups in total. The molecular formula is C18H22N6O4S. The van der Waals surface area contributed by atoms with Crippen molar-refractivity contribution in [2.75, 3.05) is 25.0 Å². The summed E-state index contributed by atoms with van der Waals surface area (Å²) < 4.78 is 4.99. The van der Waals surface area contributed by atoms with Gasteiger partial charge in [-0.25, -0.2) is 14.8 Å². The van der Waals surface area contributed by atoms with Crippen molar-refractivity contribution in [3.8, 4) is 0 Å². The number of carbonyl (C=O) groups is 3. The maximum atomic E-state index is 12.3. The van der Waals surface area contributed by atoms with Crippen molar-refractivity contribution >= 4 is 34.4 Å². The van der Waals surface area contributed by atoms with Gasteiger partial charge in [-0.1, -0.05) is 0 Å². The predicted octanol–water partition coefficient (Wildman–Crippen LogP) is 1.46. The largest absolute Gasteiger partial charge is 0.450 e. The Kier molecular flexibility index (Phi) is 7.06. The number of piperidine rings is 1. The fraction of sp³-hybridized carbons (Fsp3) is 0.444. The SMILES string of the molecule is CCOC(=O)N1CCC(NC(=O)Cc2csc(NC(=O)c3cnccn3)n2)CC1.